The molecule has 4 heterocycles. The van der Waals surface area contributed by atoms with Crippen molar-refractivity contribution < 1.29 is 19.1 Å². The highest BCUT2D eigenvalue weighted by molar-refractivity contribution is 6.23. The number of nitrogens with zero attached hydrogens (tertiary/aromatic N) is 3. The van der Waals surface area contributed by atoms with Gasteiger partial charge in [0.15, 0.2) is 17.4 Å². The van der Waals surface area contributed by atoms with Crippen LogP contribution in [0.3, 0.4) is 0 Å². The number of rotatable bonds is 3. The first kappa shape index (κ1) is 20.3. The number of benzene rings is 1. The fraction of sp³-hybridized carbons (Fsp3) is 0.240. The second-order valence-corrected chi connectivity index (χ2v) is 8.41. The van der Waals surface area contributed by atoms with Gasteiger partial charge in [-0.3, -0.25) is 20.0 Å². The number of nitrogens with one attached hydrogen (secondary N) is 2. The van der Waals surface area contributed by atoms with Crippen molar-refractivity contribution in [2.45, 2.75) is 31.6 Å². The monoisotopic (exact) mass is 455 g/mol. The van der Waals surface area contributed by atoms with Crippen molar-refractivity contribution in [3.05, 3.63) is 82.6 Å². The molecule has 3 aliphatic heterocycles. The minimum Gasteiger partial charge on any atom is -0.462 e. The highest BCUT2D eigenvalue weighted by Crippen LogP contribution is 2.55. The highest BCUT2D eigenvalue weighted by Gasteiger charge is 2.62. The number of carbonyl (C=O) groups excluding carboxylic acids is 3. The van der Waals surface area contributed by atoms with E-state index in [2.05, 4.69) is 15.7 Å². The Labute approximate surface area is 195 Å². The highest BCUT2D eigenvalue weighted by atomic mass is 16.5. The van der Waals surface area contributed by atoms with E-state index < -0.39 is 17.3 Å². The maximum Gasteiger partial charge on any atom is 0.339 e. The number of Topliss-reactive ketones (excluding diaryl/α,β-unsaturated/α-hetero) is 1. The predicted octanol–water partition coefficient (Wildman–Crippen LogP) is 2.33. The molecule has 1 amide bonds. The van der Waals surface area contributed by atoms with Crippen molar-refractivity contribution in [3.63, 3.8) is 0 Å². The SMILES string of the molecule is CCOC(=O)C1=C2N=C(c3ccncc3)NN2C2=C(C(=O)CCC2)C12C(=O)Nc1ccccc12. The second kappa shape index (κ2) is 7.38. The number of carbonyl (C=O) groups is 3. The Balaban J connectivity index is 1.70. The zero-order valence-corrected chi connectivity index (χ0v) is 18.4. The number of hydrazine groups is 1. The Morgan fingerprint density at radius 2 is 1.94 bits per heavy atom. The van der Waals surface area contributed by atoms with Gasteiger partial charge in [-0.1, -0.05) is 18.2 Å². The molecule has 1 unspecified atom stereocenters. The average Bonchev–Trinajstić information content (AvgIpc) is 3.41. The number of pyridine rings is 1. The maximum atomic E-state index is 13.8. The van der Waals surface area contributed by atoms with E-state index in [0.29, 0.717) is 47.6 Å². The number of esters is 1. The third-order valence-corrected chi connectivity index (χ3v) is 6.63. The summed E-state index contributed by atoms with van der Waals surface area (Å²) in [4.78, 5) is 49.7. The Bertz CT molecular complexity index is 1360. The van der Waals surface area contributed by atoms with Crippen LogP contribution in [0.25, 0.3) is 0 Å². The normalized spacial score (nSPS) is 22.7. The van der Waals surface area contributed by atoms with Gasteiger partial charge in [0.1, 0.15) is 11.0 Å². The van der Waals surface area contributed by atoms with Crippen LogP contribution < -0.4 is 10.7 Å². The van der Waals surface area contributed by atoms with Gasteiger partial charge >= 0.3 is 5.97 Å². The van der Waals surface area contributed by atoms with E-state index in [9.17, 15) is 14.4 Å². The number of ether oxygens (including phenoxy) is 1. The van der Waals surface area contributed by atoms with Crippen LogP contribution in [0.2, 0.25) is 0 Å². The lowest BCUT2D eigenvalue weighted by Crippen LogP contribution is -2.52. The number of anilines is 1. The molecule has 0 fully saturated rings. The molecular formula is C25H21N5O4. The molecule has 1 atom stereocenters. The summed E-state index contributed by atoms with van der Waals surface area (Å²) in [6.07, 6.45) is 4.79. The van der Waals surface area contributed by atoms with Crippen molar-refractivity contribution >= 4 is 29.2 Å². The number of fused-ring (bicyclic) bond motifs is 5. The summed E-state index contributed by atoms with van der Waals surface area (Å²) >= 11 is 0. The summed E-state index contributed by atoms with van der Waals surface area (Å²) in [7, 11) is 0. The third kappa shape index (κ3) is 2.57. The van der Waals surface area contributed by atoms with Crippen LogP contribution in [0.15, 0.2) is 76.4 Å². The van der Waals surface area contributed by atoms with Crippen LogP contribution in [0, 0.1) is 0 Å². The van der Waals surface area contributed by atoms with Gasteiger partial charge in [-0.25, -0.2) is 14.8 Å². The van der Waals surface area contributed by atoms with Crippen molar-refractivity contribution in [2.24, 2.45) is 4.99 Å². The molecule has 9 nitrogen and oxygen atoms in total. The molecule has 0 saturated carbocycles. The number of aromatic nitrogens is 1. The molecule has 0 radical (unpaired) electrons. The minimum atomic E-state index is -1.62. The van der Waals surface area contributed by atoms with Gasteiger partial charge < -0.3 is 10.1 Å². The molecule has 1 aromatic heterocycles. The second-order valence-electron chi connectivity index (χ2n) is 8.41. The van der Waals surface area contributed by atoms with E-state index in [1.54, 1.807) is 60.7 Å². The molecule has 170 valence electrons. The van der Waals surface area contributed by atoms with E-state index in [-0.39, 0.29) is 23.8 Å². The van der Waals surface area contributed by atoms with Crippen LogP contribution >= 0.6 is 0 Å². The largest absolute Gasteiger partial charge is 0.462 e. The topological polar surface area (TPSA) is 113 Å². The lowest BCUT2D eigenvalue weighted by molar-refractivity contribution is -0.140. The van der Waals surface area contributed by atoms with Crippen molar-refractivity contribution in [1.29, 1.82) is 0 Å². The molecule has 0 bridgehead atoms. The lowest BCUT2D eigenvalue weighted by Gasteiger charge is -2.42. The molecule has 34 heavy (non-hydrogen) atoms. The Kier molecular flexibility index (Phi) is 4.41. The van der Waals surface area contributed by atoms with E-state index in [4.69, 9.17) is 9.73 Å². The summed E-state index contributed by atoms with van der Waals surface area (Å²) < 4.78 is 5.45. The molecule has 9 heteroatoms. The number of aliphatic imine (C=N–C) groups is 1. The summed E-state index contributed by atoms with van der Waals surface area (Å²) in [5.74, 6) is -0.522. The van der Waals surface area contributed by atoms with Crippen LogP contribution in [0.4, 0.5) is 5.69 Å². The molecule has 4 aliphatic rings. The molecule has 0 saturated heterocycles. The summed E-state index contributed by atoms with van der Waals surface area (Å²) in [5, 5.41) is 4.57. The van der Waals surface area contributed by atoms with Crippen molar-refractivity contribution in [2.75, 3.05) is 11.9 Å². The molecular weight excluding hydrogens is 434 g/mol. The molecule has 6 rings (SSSR count). The van der Waals surface area contributed by atoms with Crippen molar-refractivity contribution in [1.82, 2.24) is 15.4 Å². The quantitative estimate of drug-likeness (QED) is 0.683. The number of ketones is 1. The lowest BCUT2D eigenvalue weighted by atomic mass is 9.63. The summed E-state index contributed by atoms with van der Waals surface area (Å²) in [6.45, 7) is 1.82. The number of amidine groups is 1. The van der Waals surface area contributed by atoms with Crippen molar-refractivity contribution in [3.8, 4) is 0 Å². The van der Waals surface area contributed by atoms with Gasteiger partial charge in [0.05, 0.1) is 12.3 Å². The van der Waals surface area contributed by atoms with E-state index in [1.165, 1.54) is 0 Å². The summed E-state index contributed by atoms with van der Waals surface area (Å²) in [6, 6.07) is 10.7. The Morgan fingerprint density at radius 3 is 2.74 bits per heavy atom. The Hall–Kier alpha value is -4.27. The fourth-order valence-corrected chi connectivity index (χ4v) is 5.31. The van der Waals surface area contributed by atoms with Crippen LogP contribution in [0.5, 0.6) is 0 Å². The maximum absolute atomic E-state index is 13.8. The average molecular weight is 455 g/mol. The third-order valence-electron chi connectivity index (χ3n) is 6.63. The number of para-hydroxylation sites is 1. The van der Waals surface area contributed by atoms with Gasteiger partial charge in [-0.2, -0.15) is 0 Å². The molecule has 2 aromatic rings. The standard InChI is InChI=1S/C25H21N5O4/c1-2-34-23(32)20-22-28-21(14-10-12-26-13-11-14)29-30(22)17-8-5-9-18(31)19(17)25(20)15-6-3-4-7-16(15)27-24(25)33/h3-4,6-7,10-13H,2,5,8-9H2,1H3,(H,27,33)(H,28,29). The number of hydrogen-bond donors (Lipinski definition) is 2. The first-order valence-corrected chi connectivity index (χ1v) is 11.2. The van der Waals surface area contributed by atoms with Gasteiger partial charge in [-0.15, -0.1) is 0 Å². The Morgan fingerprint density at radius 1 is 1.15 bits per heavy atom. The van der Waals surface area contributed by atoms with Crippen LogP contribution in [0.1, 0.15) is 37.3 Å². The fourth-order valence-electron chi connectivity index (χ4n) is 5.31. The first-order chi connectivity index (χ1) is 16.6. The van der Waals surface area contributed by atoms with Crippen LogP contribution in [-0.4, -0.2) is 40.1 Å². The molecule has 1 spiro atoms. The smallest absolute Gasteiger partial charge is 0.339 e. The number of amides is 1. The molecule has 1 aromatic carbocycles. The first-order valence-electron chi connectivity index (χ1n) is 11.2. The predicted molar refractivity (Wildman–Crippen MR) is 122 cm³/mol. The zero-order valence-electron chi connectivity index (χ0n) is 18.4. The number of allylic oxidation sites excluding steroid dienone is 1. The van der Waals surface area contributed by atoms with Gasteiger partial charge in [0.2, 0.25) is 5.91 Å². The minimum absolute atomic E-state index is 0.0438. The zero-order chi connectivity index (χ0) is 23.4. The number of hydrogen-bond acceptors (Lipinski definition) is 8. The van der Waals surface area contributed by atoms with Gasteiger partial charge in [0.25, 0.3) is 0 Å². The van der Waals surface area contributed by atoms with E-state index >= 15 is 0 Å². The summed E-state index contributed by atoms with van der Waals surface area (Å²) in [5.41, 5.74) is 4.52. The van der Waals surface area contributed by atoms with Gasteiger partial charge in [0, 0.05) is 41.2 Å². The van der Waals surface area contributed by atoms with E-state index in [1.807, 2.05) is 0 Å². The molecule has 2 N–H and O–H groups in total. The van der Waals surface area contributed by atoms with Gasteiger partial charge in [-0.05, 0) is 38.0 Å². The van der Waals surface area contributed by atoms with Crippen LogP contribution in [-0.2, 0) is 24.5 Å². The molecule has 1 aliphatic carbocycles. The van der Waals surface area contributed by atoms with E-state index in [0.717, 1.165) is 5.56 Å².